The van der Waals surface area contributed by atoms with Crippen molar-refractivity contribution in [2.45, 2.75) is 25.8 Å². The number of likely N-dealkylation sites (tertiary alicyclic amines) is 1. The third-order valence-corrected chi connectivity index (χ3v) is 4.90. The highest BCUT2D eigenvalue weighted by molar-refractivity contribution is 9.10. The Bertz CT molecular complexity index is 694. The van der Waals surface area contributed by atoms with E-state index < -0.39 is 6.09 Å². The first-order valence-corrected chi connectivity index (χ1v) is 8.08. The summed E-state index contributed by atoms with van der Waals surface area (Å²) < 4.78 is 2.99. The van der Waals surface area contributed by atoms with E-state index in [4.69, 9.17) is 10.8 Å². The molecule has 0 radical (unpaired) electrons. The van der Waals surface area contributed by atoms with Crippen molar-refractivity contribution in [3.8, 4) is 0 Å². The molecule has 0 bridgehead atoms. The Morgan fingerprint density at radius 3 is 2.82 bits per heavy atom. The van der Waals surface area contributed by atoms with Crippen LogP contribution in [0.3, 0.4) is 0 Å². The second-order valence-corrected chi connectivity index (χ2v) is 6.48. The van der Waals surface area contributed by atoms with E-state index in [1.54, 1.807) is 0 Å². The second kappa shape index (κ2) is 6.12. The van der Waals surface area contributed by atoms with E-state index in [1.807, 2.05) is 6.20 Å². The lowest BCUT2D eigenvalue weighted by Gasteiger charge is -2.30. The van der Waals surface area contributed by atoms with E-state index in [1.165, 1.54) is 11.2 Å². The Hall–Kier alpha value is -1.83. The number of hydrogen-bond acceptors (Lipinski definition) is 4. The number of anilines is 1. The standard InChI is InChI=1S/C14H18BrN5O2/c15-10-7-20(13-11(10)12(16)17-8-18-13)6-3-9-1-4-19(5-2-9)14(21)22/h7-9H,1-6H2,(H,21,22)(H2,16,17,18). The highest BCUT2D eigenvalue weighted by Gasteiger charge is 2.22. The maximum Gasteiger partial charge on any atom is 0.407 e. The molecular formula is C14H18BrN5O2. The summed E-state index contributed by atoms with van der Waals surface area (Å²) in [5, 5.41) is 9.82. The number of piperidine rings is 1. The largest absolute Gasteiger partial charge is 0.465 e. The van der Waals surface area contributed by atoms with Crippen LogP contribution in [0.5, 0.6) is 0 Å². The van der Waals surface area contributed by atoms with E-state index in [-0.39, 0.29) is 0 Å². The average Bonchev–Trinajstić information content (AvgIpc) is 2.83. The van der Waals surface area contributed by atoms with Crippen molar-refractivity contribution < 1.29 is 9.90 Å². The van der Waals surface area contributed by atoms with Crippen LogP contribution in [-0.4, -0.2) is 43.7 Å². The maximum atomic E-state index is 10.9. The summed E-state index contributed by atoms with van der Waals surface area (Å²) in [6.45, 7) is 2.10. The number of nitrogen functional groups attached to an aromatic ring is 1. The lowest BCUT2D eigenvalue weighted by Crippen LogP contribution is -2.37. The number of hydrogen-bond donors (Lipinski definition) is 2. The molecule has 8 heteroatoms. The van der Waals surface area contributed by atoms with Gasteiger partial charge in [-0.15, -0.1) is 0 Å². The molecule has 1 aliphatic heterocycles. The predicted octanol–water partition coefficient (Wildman–Crippen LogP) is 2.56. The molecule has 0 saturated carbocycles. The summed E-state index contributed by atoms with van der Waals surface area (Å²) >= 11 is 3.51. The molecule has 3 rings (SSSR count). The van der Waals surface area contributed by atoms with E-state index in [0.717, 1.165) is 41.3 Å². The minimum atomic E-state index is -0.814. The van der Waals surface area contributed by atoms with Gasteiger partial charge in [0.15, 0.2) is 0 Å². The van der Waals surface area contributed by atoms with Crippen molar-refractivity contribution >= 4 is 38.9 Å². The molecular weight excluding hydrogens is 350 g/mol. The Morgan fingerprint density at radius 2 is 2.14 bits per heavy atom. The second-order valence-electron chi connectivity index (χ2n) is 5.63. The van der Waals surface area contributed by atoms with Gasteiger partial charge in [0.1, 0.15) is 17.8 Å². The molecule has 22 heavy (non-hydrogen) atoms. The number of aryl methyl sites for hydroxylation is 1. The van der Waals surface area contributed by atoms with E-state index in [2.05, 4.69) is 30.5 Å². The molecule has 3 heterocycles. The zero-order valence-electron chi connectivity index (χ0n) is 12.1. The molecule has 0 aromatic carbocycles. The molecule has 0 atom stereocenters. The monoisotopic (exact) mass is 367 g/mol. The third-order valence-electron chi connectivity index (χ3n) is 4.30. The summed E-state index contributed by atoms with van der Waals surface area (Å²) in [6, 6.07) is 0. The fourth-order valence-electron chi connectivity index (χ4n) is 3.00. The van der Waals surface area contributed by atoms with Gasteiger partial charge in [0.25, 0.3) is 0 Å². The summed E-state index contributed by atoms with van der Waals surface area (Å²) in [5.74, 6) is 1.02. The smallest absolute Gasteiger partial charge is 0.407 e. The predicted molar refractivity (Wildman–Crippen MR) is 86.6 cm³/mol. The molecule has 3 N–H and O–H groups in total. The van der Waals surface area contributed by atoms with E-state index in [0.29, 0.717) is 24.8 Å². The van der Waals surface area contributed by atoms with Crippen LogP contribution in [0.4, 0.5) is 10.6 Å². The molecule has 1 aliphatic rings. The van der Waals surface area contributed by atoms with Crippen LogP contribution < -0.4 is 5.73 Å². The Kier molecular flexibility index (Phi) is 4.19. The van der Waals surface area contributed by atoms with E-state index in [9.17, 15) is 4.79 Å². The lowest BCUT2D eigenvalue weighted by molar-refractivity contribution is 0.122. The van der Waals surface area contributed by atoms with Crippen LogP contribution in [0.15, 0.2) is 17.0 Å². The third kappa shape index (κ3) is 2.87. The van der Waals surface area contributed by atoms with Gasteiger partial charge in [-0.25, -0.2) is 14.8 Å². The van der Waals surface area contributed by atoms with Crippen molar-refractivity contribution in [3.05, 3.63) is 17.0 Å². The van der Waals surface area contributed by atoms with Crippen molar-refractivity contribution in [3.63, 3.8) is 0 Å². The van der Waals surface area contributed by atoms with Crippen molar-refractivity contribution in [2.75, 3.05) is 18.8 Å². The van der Waals surface area contributed by atoms with Crippen LogP contribution in [0.2, 0.25) is 0 Å². The summed E-state index contributed by atoms with van der Waals surface area (Å²) in [6.07, 6.45) is 5.50. The number of aromatic nitrogens is 3. The molecule has 2 aromatic heterocycles. The zero-order chi connectivity index (χ0) is 15.7. The van der Waals surface area contributed by atoms with Crippen molar-refractivity contribution in [1.29, 1.82) is 0 Å². The first-order valence-electron chi connectivity index (χ1n) is 7.29. The van der Waals surface area contributed by atoms with Gasteiger partial charge in [0.05, 0.1) is 5.39 Å². The van der Waals surface area contributed by atoms with Gasteiger partial charge in [-0.3, -0.25) is 0 Å². The fourth-order valence-corrected chi connectivity index (χ4v) is 3.63. The van der Waals surface area contributed by atoms with Crippen molar-refractivity contribution in [2.24, 2.45) is 5.92 Å². The highest BCUT2D eigenvalue weighted by atomic mass is 79.9. The zero-order valence-corrected chi connectivity index (χ0v) is 13.7. The molecule has 1 amide bonds. The number of amides is 1. The fraction of sp³-hybridized carbons (Fsp3) is 0.500. The van der Waals surface area contributed by atoms with Gasteiger partial charge >= 0.3 is 6.09 Å². The molecule has 0 aliphatic carbocycles. The number of carbonyl (C=O) groups is 1. The number of fused-ring (bicyclic) bond motifs is 1. The normalized spacial score (nSPS) is 16.3. The van der Waals surface area contributed by atoms with Crippen LogP contribution in [0.25, 0.3) is 11.0 Å². The Labute approximate surface area is 136 Å². The maximum absolute atomic E-state index is 10.9. The van der Waals surface area contributed by atoms with Crippen LogP contribution in [-0.2, 0) is 6.54 Å². The van der Waals surface area contributed by atoms with Gasteiger partial charge in [0.2, 0.25) is 0 Å². The summed E-state index contributed by atoms with van der Waals surface area (Å²) in [5.41, 5.74) is 6.73. The first kappa shape index (κ1) is 15.1. The van der Waals surface area contributed by atoms with Gasteiger partial charge in [-0.05, 0) is 41.1 Å². The number of nitrogens with zero attached hydrogens (tertiary/aromatic N) is 4. The molecule has 0 unspecified atom stereocenters. The highest BCUT2D eigenvalue weighted by Crippen LogP contribution is 2.29. The van der Waals surface area contributed by atoms with E-state index >= 15 is 0 Å². The molecule has 1 fully saturated rings. The molecule has 1 saturated heterocycles. The minimum absolute atomic E-state index is 0.477. The topological polar surface area (TPSA) is 97.3 Å². The van der Waals surface area contributed by atoms with Gasteiger partial charge in [-0.2, -0.15) is 0 Å². The number of halogens is 1. The van der Waals surface area contributed by atoms with Gasteiger partial charge in [0, 0.05) is 30.3 Å². The Balaban J connectivity index is 1.66. The summed E-state index contributed by atoms with van der Waals surface area (Å²) in [4.78, 5) is 20.7. The minimum Gasteiger partial charge on any atom is -0.465 e. The number of nitrogens with two attached hydrogens (primary N) is 1. The molecule has 2 aromatic rings. The van der Waals surface area contributed by atoms with Crippen LogP contribution in [0, 0.1) is 5.92 Å². The number of carboxylic acid groups (broad SMARTS) is 1. The molecule has 118 valence electrons. The average molecular weight is 368 g/mol. The van der Waals surface area contributed by atoms with Gasteiger partial charge in [-0.1, -0.05) is 0 Å². The van der Waals surface area contributed by atoms with Crippen LogP contribution in [0.1, 0.15) is 19.3 Å². The summed E-state index contributed by atoms with van der Waals surface area (Å²) in [7, 11) is 0. The lowest BCUT2D eigenvalue weighted by atomic mass is 9.94. The molecule has 0 spiro atoms. The number of rotatable bonds is 3. The first-order chi connectivity index (χ1) is 10.6. The van der Waals surface area contributed by atoms with Gasteiger partial charge < -0.3 is 20.3 Å². The quantitative estimate of drug-likeness (QED) is 0.868. The Morgan fingerprint density at radius 1 is 1.41 bits per heavy atom. The van der Waals surface area contributed by atoms with Crippen LogP contribution >= 0.6 is 15.9 Å². The SMILES string of the molecule is Nc1ncnc2c1c(Br)cn2CCC1CCN(C(=O)O)CC1. The van der Waals surface area contributed by atoms with Crippen molar-refractivity contribution in [1.82, 2.24) is 19.4 Å². The molecule has 7 nitrogen and oxygen atoms in total.